The summed E-state index contributed by atoms with van der Waals surface area (Å²) in [5.74, 6) is 1.27. The Labute approximate surface area is 165 Å². The molecule has 0 radical (unpaired) electrons. The van der Waals surface area contributed by atoms with Gasteiger partial charge in [-0.25, -0.2) is 0 Å². The fourth-order valence-corrected chi connectivity index (χ4v) is 3.24. The van der Waals surface area contributed by atoms with Gasteiger partial charge in [0.1, 0.15) is 11.5 Å². The molecule has 3 rings (SSSR count). The van der Waals surface area contributed by atoms with Crippen molar-refractivity contribution in [1.29, 1.82) is 0 Å². The van der Waals surface area contributed by atoms with Gasteiger partial charge in [0, 0.05) is 31.7 Å². The molecule has 0 saturated carbocycles. The Morgan fingerprint density at radius 1 is 0.821 bits per heavy atom. The van der Waals surface area contributed by atoms with E-state index in [0.29, 0.717) is 43.2 Å². The summed E-state index contributed by atoms with van der Waals surface area (Å²) in [4.78, 5) is 29.1. The zero-order chi connectivity index (χ0) is 20.1. The summed E-state index contributed by atoms with van der Waals surface area (Å²) in [6.45, 7) is 5.52. The smallest absolute Gasteiger partial charge is 0.266 e. The van der Waals surface area contributed by atoms with E-state index < -0.39 is 5.60 Å². The molecule has 1 aliphatic heterocycles. The molecule has 0 atom stereocenters. The molecule has 1 heterocycles. The van der Waals surface area contributed by atoms with Crippen molar-refractivity contribution >= 4 is 11.8 Å². The van der Waals surface area contributed by atoms with Gasteiger partial charge in [-0.05, 0) is 50.2 Å². The van der Waals surface area contributed by atoms with Gasteiger partial charge in [0.15, 0.2) is 5.60 Å². The maximum atomic E-state index is 12.9. The standard InChI is InChI=1S/C22H26N2O4/c1-22(2,28-19-7-5-4-6-8-19)21(26)24-15-13-23(14-16-24)20(25)17-9-11-18(27-3)12-10-17/h4-12H,13-16H2,1-3H3. The predicted octanol–water partition coefficient (Wildman–Crippen LogP) is 2.84. The Kier molecular flexibility index (Phi) is 5.87. The average Bonchev–Trinajstić information content (AvgIpc) is 2.73. The molecular weight excluding hydrogens is 356 g/mol. The summed E-state index contributed by atoms with van der Waals surface area (Å²) in [5, 5.41) is 0. The highest BCUT2D eigenvalue weighted by atomic mass is 16.5. The van der Waals surface area contributed by atoms with Gasteiger partial charge in [0.05, 0.1) is 7.11 Å². The van der Waals surface area contributed by atoms with Gasteiger partial charge in [-0.3, -0.25) is 9.59 Å². The van der Waals surface area contributed by atoms with Gasteiger partial charge in [-0.2, -0.15) is 0 Å². The van der Waals surface area contributed by atoms with Gasteiger partial charge in [0.2, 0.25) is 0 Å². The van der Waals surface area contributed by atoms with E-state index in [1.807, 2.05) is 30.3 Å². The van der Waals surface area contributed by atoms with E-state index in [1.165, 1.54) is 0 Å². The maximum Gasteiger partial charge on any atom is 0.266 e. The van der Waals surface area contributed by atoms with Crippen molar-refractivity contribution in [1.82, 2.24) is 9.80 Å². The highest BCUT2D eigenvalue weighted by Crippen LogP contribution is 2.21. The minimum absolute atomic E-state index is 0.0328. The van der Waals surface area contributed by atoms with E-state index in [9.17, 15) is 9.59 Å². The third-order valence-electron chi connectivity index (χ3n) is 4.82. The first-order valence-corrected chi connectivity index (χ1v) is 9.37. The minimum Gasteiger partial charge on any atom is -0.497 e. The minimum atomic E-state index is -0.969. The SMILES string of the molecule is COc1ccc(C(=O)N2CCN(C(=O)C(C)(C)Oc3ccccc3)CC2)cc1. The monoisotopic (exact) mass is 382 g/mol. The predicted molar refractivity (Wildman–Crippen MR) is 107 cm³/mol. The Morgan fingerprint density at radius 2 is 1.39 bits per heavy atom. The van der Waals surface area contributed by atoms with Crippen LogP contribution in [0, 0.1) is 0 Å². The highest BCUT2D eigenvalue weighted by Gasteiger charge is 2.36. The molecule has 148 valence electrons. The molecule has 0 bridgehead atoms. The molecule has 0 aliphatic carbocycles. The Hall–Kier alpha value is -3.02. The van der Waals surface area contributed by atoms with Gasteiger partial charge in [-0.15, -0.1) is 0 Å². The largest absolute Gasteiger partial charge is 0.497 e. The van der Waals surface area contributed by atoms with E-state index in [-0.39, 0.29) is 11.8 Å². The summed E-state index contributed by atoms with van der Waals surface area (Å²) in [7, 11) is 1.59. The van der Waals surface area contributed by atoms with Crippen molar-refractivity contribution in [3.63, 3.8) is 0 Å². The topological polar surface area (TPSA) is 59.1 Å². The third-order valence-corrected chi connectivity index (χ3v) is 4.82. The number of methoxy groups -OCH3 is 1. The number of carbonyl (C=O) groups excluding carboxylic acids is 2. The van der Waals surface area contributed by atoms with Gasteiger partial charge < -0.3 is 19.3 Å². The van der Waals surface area contributed by atoms with Crippen LogP contribution in [-0.2, 0) is 4.79 Å². The van der Waals surface area contributed by atoms with Crippen LogP contribution < -0.4 is 9.47 Å². The Morgan fingerprint density at radius 3 is 1.96 bits per heavy atom. The second-order valence-corrected chi connectivity index (χ2v) is 7.24. The molecule has 2 amide bonds. The summed E-state index contributed by atoms with van der Waals surface area (Å²) in [6.07, 6.45) is 0. The lowest BCUT2D eigenvalue weighted by Crippen LogP contribution is -2.56. The van der Waals surface area contributed by atoms with Crippen LogP contribution in [-0.4, -0.2) is 60.5 Å². The first kappa shape index (κ1) is 19.7. The van der Waals surface area contributed by atoms with Crippen molar-refractivity contribution in [3.05, 3.63) is 60.2 Å². The summed E-state index contributed by atoms with van der Waals surface area (Å²) in [5.41, 5.74) is -0.350. The first-order chi connectivity index (χ1) is 13.4. The van der Waals surface area contributed by atoms with Crippen LogP contribution in [0.3, 0.4) is 0 Å². The summed E-state index contributed by atoms with van der Waals surface area (Å²) in [6, 6.07) is 16.4. The van der Waals surface area contributed by atoms with Crippen molar-refractivity contribution in [2.24, 2.45) is 0 Å². The third kappa shape index (κ3) is 4.44. The second kappa shape index (κ2) is 8.33. The number of hydrogen-bond acceptors (Lipinski definition) is 4. The molecule has 0 N–H and O–H groups in total. The van der Waals surface area contributed by atoms with Crippen LogP contribution in [0.2, 0.25) is 0 Å². The summed E-state index contributed by atoms with van der Waals surface area (Å²) < 4.78 is 11.0. The van der Waals surface area contributed by atoms with Crippen molar-refractivity contribution in [2.75, 3.05) is 33.3 Å². The number of nitrogens with zero attached hydrogens (tertiary/aromatic N) is 2. The van der Waals surface area contributed by atoms with E-state index in [1.54, 1.807) is 55.0 Å². The number of carbonyl (C=O) groups is 2. The molecule has 1 saturated heterocycles. The fraction of sp³-hybridized carbons (Fsp3) is 0.364. The van der Waals surface area contributed by atoms with Gasteiger partial charge >= 0.3 is 0 Å². The second-order valence-electron chi connectivity index (χ2n) is 7.24. The normalized spacial score (nSPS) is 14.5. The number of amides is 2. The molecule has 6 heteroatoms. The van der Waals surface area contributed by atoms with E-state index >= 15 is 0 Å². The lowest BCUT2D eigenvalue weighted by atomic mass is 10.1. The molecule has 28 heavy (non-hydrogen) atoms. The number of benzene rings is 2. The molecule has 6 nitrogen and oxygen atoms in total. The molecule has 1 fully saturated rings. The van der Waals surface area contributed by atoms with Crippen molar-refractivity contribution < 1.29 is 19.1 Å². The van der Waals surface area contributed by atoms with E-state index in [2.05, 4.69) is 0 Å². The van der Waals surface area contributed by atoms with Crippen LogP contribution >= 0.6 is 0 Å². The Balaban J connectivity index is 1.57. The van der Waals surface area contributed by atoms with Crippen LogP contribution in [0.5, 0.6) is 11.5 Å². The van der Waals surface area contributed by atoms with E-state index in [0.717, 1.165) is 0 Å². The molecule has 0 unspecified atom stereocenters. The maximum absolute atomic E-state index is 12.9. The summed E-state index contributed by atoms with van der Waals surface area (Å²) >= 11 is 0. The van der Waals surface area contributed by atoms with Crippen LogP contribution in [0.25, 0.3) is 0 Å². The van der Waals surface area contributed by atoms with Crippen LogP contribution in [0.4, 0.5) is 0 Å². The van der Waals surface area contributed by atoms with Crippen LogP contribution in [0.1, 0.15) is 24.2 Å². The average molecular weight is 382 g/mol. The zero-order valence-corrected chi connectivity index (χ0v) is 16.6. The lowest BCUT2D eigenvalue weighted by Gasteiger charge is -2.38. The zero-order valence-electron chi connectivity index (χ0n) is 16.6. The number of rotatable bonds is 5. The van der Waals surface area contributed by atoms with E-state index in [4.69, 9.17) is 9.47 Å². The molecule has 2 aromatic carbocycles. The fourth-order valence-electron chi connectivity index (χ4n) is 3.24. The first-order valence-electron chi connectivity index (χ1n) is 9.37. The number of ether oxygens (including phenoxy) is 2. The number of piperazine rings is 1. The Bertz CT molecular complexity index is 810. The molecule has 0 spiro atoms. The van der Waals surface area contributed by atoms with Crippen LogP contribution in [0.15, 0.2) is 54.6 Å². The quantitative estimate of drug-likeness (QED) is 0.798. The van der Waals surface area contributed by atoms with Gasteiger partial charge in [-0.1, -0.05) is 18.2 Å². The molecule has 2 aromatic rings. The number of hydrogen-bond donors (Lipinski definition) is 0. The van der Waals surface area contributed by atoms with Crippen molar-refractivity contribution in [2.45, 2.75) is 19.4 Å². The molecular formula is C22H26N2O4. The highest BCUT2D eigenvalue weighted by molar-refractivity contribution is 5.94. The lowest BCUT2D eigenvalue weighted by molar-refractivity contribution is -0.147. The number of para-hydroxylation sites is 1. The van der Waals surface area contributed by atoms with Gasteiger partial charge in [0.25, 0.3) is 11.8 Å². The molecule has 1 aliphatic rings. The molecule has 0 aromatic heterocycles. The van der Waals surface area contributed by atoms with Crippen molar-refractivity contribution in [3.8, 4) is 11.5 Å².